The lowest BCUT2D eigenvalue weighted by Gasteiger charge is -2.27. The number of esters is 1. The van der Waals surface area contributed by atoms with E-state index < -0.39 is 0 Å². The average molecular weight is 569 g/mol. The highest BCUT2D eigenvalue weighted by Gasteiger charge is 2.45. The summed E-state index contributed by atoms with van der Waals surface area (Å²) in [6.07, 6.45) is 0.486. The number of benzene rings is 4. The van der Waals surface area contributed by atoms with E-state index in [0.29, 0.717) is 32.0 Å². The Morgan fingerprint density at radius 3 is 1.61 bits per heavy atom. The third-order valence-electron chi connectivity index (χ3n) is 7.18. The second-order valence-electron chi connectivity index (χ2n) is 10.1. The van der Waals surface area contributed by atoms with Gasteiger partial charge in [0.25, 0.3) is 0 Å². The fraction of sp³-hybridized carbons (Fsp3) is 0.286. The first kappa shape index (κ1) is 29.1. The van der Waals surface area contributed by atoms with Crippen molar-refractivity contribution < 1.29 is 23.7 Å². The van der Waals surface area contributed by atoms with E-state index in [-0.39, 0.29) is 28.7 Å². The minimum Gasteiger partial charge on any atom is -0.465 e. The van der Waals surface area contributed by atoms with Gasteiger partial charge >= 0.3 is 5.97 Å². The van der Waals surface area contributed by atoms with E-state index in [9.17, 15) is 4.79 Å². The van der Waals surface area contributed by atoms with Crippen molar-refractivity contribution in [2.75, 3.05) is 13.7 Å². The van der Waals surface area contributed by atoms with E-state index in [1.54, 1.807) is 0 Å². The highest BCUT2D eigenvalue weighted by Crippen LogP contribution is 2.41. The number of hydrogen-bond donors (Lipinski definition) is 0. The minimum absolute atomic E-state index is 0.0996. The van der Waals surface area contributed by atoms with Gasteiger partial charge < -0.3 is 18.9 Å². The standard InChI is InChI=1S/C35H36O5S/c1-37-35(36)30-19-17-26(18-20-30)21-31-33(39-23-28-13-7-3-8-14-28)34(40-24-29-15-9-4-10-16-29)32(41-31)25-38-22-27-11-5-2-6-12-27/h2-20,31-34H,21-25H2,1H3/t31-,32-,33+,34+/m0/s1. The molecule has 212 valence electrons. The van der Waals surface area contributed by atoms with Gasteiger partial charge in [-0.05, 0) is 40.8 Å². The van der Waals surface area contributed by atoms with Crippen LogP contribution in [0.1, 0.15) is 32.6 Å². The Labute approximate surface area is 246 Å². The summed E-state index contributed by atoms with van der Waals surface area (Å²) >= 11 is 1.88. The molecule has 0 aliphatic carbocycles. The summed E-state index contributed by atoms with van der Waals surface area (Å²) in [4.78, 5) is 11.9. The lowest BCUT2D eigenvalue weighted by atomic mass is 10.00. The van der Waals surface area contributed by atoms with Crippen LogP contribution in [0.3, 0.4) is 0 Å². The Balaban J connectivity index is 1.35. The smallest absolute Gasteiger partial charge is 0.337 e. The van der Waals surface area contributed by atoms with Gasteiger partial charge in [0.1, 0.15) is 0 Å². The molecule has 1 aliphatic rings. The molecule has 5 nitrogen and oxygen atoms in total. The monoisotopic (exact) mass is 568 g/mol. The van der Waals surface area contributed by atoms with Crippen LogP contribution in [0, 0.1) is 0 Å². The molecule has 1 saturated heterocycles. The fourth-order valence-electron chi connectivity index (χ4n) is 5.03. The van der Waals surface area contributed by atoms with E-state index in [1.165, 1.54) is 7.11 Å². The molecule has 41 heavy (non-hydrogen) atoms. The van der Waals surface area contributed by atoms with Crippen molar-refractivity contribution in [3.63, 3.8) is 0 Å². The topological polar surface area (TPSA) is 54.0 Å². The molecule has 0 unspecified atom stereocenters. The molecule has 4 aromatic rings. The summed E-state index contributed by atoms with van der Waals surface area (Å²) < 4.78 is 24.4. The lowest BCUT2D eigenvalue weighted by molar-refractivity contribution is -0.0854. The Kier molecular flexibility index (Phi) is 10.6. The van der Waals surface area contributed by atoms with Gasteiger partial charge in [0.15, 0.2) is 0 Å². The summed E-state index contributed by atoms with van der Waals surface area (Å²) in [6, 6.07) is 38.4. The molecule has 4 aromatic carbocycles. The predicted molar refractivity (Wildman–Crippen MR) is 163 cm³/mol. The first-order chi connectivity index (χ1) is 20.2. The van der Waals surface area contributed by atoms with E-state index in [4.69, 9.17) is 18.9 Å². The number of rotatable bonds is 13. The number of methoxy groups -OCH3 is 1. The summed E-state index contributed by atoms with van der Waals surface area (Å²) in [7, 11) is 1.40. The van der Waals surface area contributed by atoms with Gasteiger partial charge in [-0.15, -0.1) is 11.8 Å². The van der Waals surface area contributed by atoms with E-state index in [2.05, 4.69) is 36.4 Å². The molecule has 0 radical (unpaired) electrons. The van der Waals surface area contributed by atoms with E-state index in [0.717, 1.165) is 28.7 Å². The molecule has 0 bridgehead atoms. The minimum atomic E-state index is -0.333. The van der Waals surface area contributed by atoms with Crippen LogP contribution in [0.4, 0.5) is 0 Å². The van der Waals surface area contributed by atoms with Crippen molar-refractivity contribution in [1.82, 2.24) is 0 Å². The van der Waals surface area contributed by atoms with Crippen molar-refractivity contribution in [2.24, 2.45) is 0 Å². The Bertz CT molecular complexity index is 1330. The van der Waals surface area contributed by atoms with E-state index >= 15 is 0 Å². The van der Waals surface area contributed by atoms with Crippen molar-refractivity contribution in [1.29, 1.82) is 0 Å². The quantitative estimate of drug-likeness (QED) is 0.164. The van der Waals surface area contributed by atoms with Crippen LogP contribution < -0.4 is 0 Å². The molecule has 0 N–H and O–H groups in total. The highest BCUT2D eigenvalue weighted by atomic mass is 32.2. The summed E-state index contributed by atoms with van der Waals surface area (Å²) in [5, 5.41) is 0.247. The van der Waals surface area contributed by atoms with Crippen molar-refractivity contribution in [2.45, 2.75) is 48.9 Å². The first-order valence-electron chi connectivity index (χ1n) is 13.9. The predicted octanol–water partition coefficient (Wildman–Crippen LogP) is 6.89. The molecular formula is C35H36O5S. The Morgan fingerprint density at radius 2 is 1.10 bits per heavy atom. The van der Waals surface area contributed by atoms with Crippen molar-refractivity contribution >= 4 is 17.7 Å². The van der Waals surface area contributed by atoms with Gasteiger partial charge in [-0.2, -0.15) is 0 Å². The molecule has 1 fully saturated rings. The molecule has 0 spiro atoms. The third kappa shape index (κ3) is 8.30. The molecule has 6 heteroatoms. The number of thioether (sulfide) groups is 1. The third-order valence-corrected chi connectivity index (χ3v) is 8.72. The number of hydrogen-bond acceptors (Lipinski definition) is 6. The van der Waals surface area contributed by atoms with E-state index in [1.807, 2.05) is 90.6 Å². The van der Waals surface area contributed by atoms with Crippen molar-refractivity contribution in [3.8, 4) is 0 Å². The van der Waals surface area contributed by atoms with Gasteiger partial charge in [0, 0.05) is 5.25 Å². The van der Waals surface area contributed by atoms with Gasteiger partial charge in [-0.1, -0.05) is 103 Å². The molecule has 0 aromatic heterocycles. The number of ether oxygens (including phenoxy) is 4. The number of carbonyl (C=O) groups is 1. The molecule has 0 saturated carbocycles. The zero-order valence-corrected chi connectivity index (χ0v) is 24.1. The van der Waals surface area contributed by atoms with Crippen LogP contribution >= 0.6 is 11.8 Å². The van der Waals surface area contributed by atoms with Crippen molar-refractivity contribution in [3.05, 3.63) is 143 Å². The maximum atomic E-state index is 11.9. The average Bonchev–Trinajstić information content (AvgIpc) is 3.35. The number of carbonyl (C=O) groups excluding carboxylic acids is 1. The zero-order valence-electron chi connectivity index (χ0n) is 23.3. The lowest BCUT2D eigenvalue weighted by Crippen LogP contribution is -2.39. The Hall–Kier alpha value is -3.42. The van der Waals surface area contributed by atoms with Crippen LogP contribution in [-0.4, -0.2) is 42.4 Å². The molecular weight excluding hydrogens is 532 g/mol. The molecule has 0 amide bonds. The van der Waals surface area contributed by atoms with Gasteiger partial charge in [0.2, 0.25) is 0 Å². The van der Waals surface area contributed by atoms with Gasteiger partial charge in [0.05, 0.1) is 56.6 Å². The van der Waals surface area contributed by atoms with Crippen LogP contribution in [0.25, 0.3) is 0 Å². The SMILES string of the molecule is COC(=O)c1ccc(C[C@@H]2S[C@@H](COCc3ccccc3)[C@@H](OCc3ccccc3)[C@@H]2OCc2ccccc2)cc1. The maximum absolute atomic E-state index is 11.9. The molecule has 1 heterocycles. The van der Waals surface area contributed by atoms with Crippen LogP contribution in [0.5, 0.6) is 0 Å². The fourth-order valence-corrected chi connectivity index (χ4v) is 6.72. The van der Waals surface area contributed by atoms with Gasteiger partial charge in [-0.3, -0.25) is 0 Å². The maximum Gasteiger partial charge on any atom is 0.337 e. The summed E-state index contributed by atoms with van der Waals surface area (Å²) in [6.45, 7) is 2.13. The van der Waals surface area contributed by atoms with Crippen LogP contribution in [-0.2, 0) is 45.2 Å². The Morgan fingerprint density at radius 1 is 0.610 bits per heavy atom. The molecule has 4 atom stereocenters. The largest absolute Gasteiger partial charge is 0.465 e. The zero-order chi connectivity index (χ0) is 28.3. The van der Waals surface area contributed by atoms with Gasteiger partial charge in [-0.25, -0.2) is 4.79 Å². The molecule has 5 rings (SSSR count). The summed E-state index contributed by atoms with van der Waals surface area (Å²) in [5.74, 6) is -0.333. The second kappa shape index (κ2) is 15.0. The van der Waals surface area contributed by atoms with Crippen LogP contribution in [0.15, 0.2) is 115 Å². The second-order valence-corrected chi connectivity index (χ2v) is 11.6. The first-order valence-corrected chi connectivity index (χ1v) is 14.9. The summed E-state index contributed by atoms with van der Waals surface area (Å²) in [5.41, 5.74) is 5.09. The molecule has 1 aliphatic heterocycles. The normalized spacial score (nSPS) is 20.1. The highest BCUT2D eigenvalue weighted by molar-refractivity contribution is 8.01. The van der Waals surface area contributed by atoms with Crippen LogP contribution in [0.2, 0.25) is 0 Å².